The van der Waals surface area contributed by atoms with Crippen molar-refractivity contribution in [2.45, 2.75) is 424 Å². The predicted octanol–water partition coefficient (Wildman–Crippen LogP) is 21.9. The molecule has 11 atom stereocenters. The van der Waals surface area contributed by atoms with Gasteiger partial charge < -0.3 is 0 Å². The summed E-state index contributed by atoms with van der Waals surface area (Å²) in [4.78, 5) is 0. The van der Waals surface area contributed by atoms with Crippen molar-refractivity contribution in [3.63, 3.8) is 0 Å². The van der Waals surface area contributed by atoms with Crippen LogP contribution in [0, 0.1) is 35.5 Å². The Morgan fingerprint density at radius 2 is 0.576 bits per heavy atom. The molecule has 11 unspecified atom stereocenters. The fourth-order valence-electron chi connectivity index (χ4n) is 14.4. The second kappa shape index (κ2) is 43.6. The number of alkyl halides is 24. The van der Waals surface area contributed by atoms with Crippen LogP contribution in [0.25, 0.3) is 0 Å². The molecule has 52 heteroatoms. The normalized spacial score (nSPS) is 26.3. The van der Waals surface area contributed by atoms with Gasteiger partial charge in [-0.25, -0.2) is 4.18 Å². The molecule has 0 aromatic rings. The Bertz CT molecular complexity index is 4180. The summed E-state index contributed by atoms with van der Waals surface area (Å²) in [5.41, 5.74) is -20.0. The van der Waals surface area contributed by atoms with Crippen LogP contribution in [0.1, 0.15) is 298 Å². The van der Waals surface area contributed by atoms with Gasteiger partial charge in [-0.1, -0.05) is 87.5 Å². The molecule has 0 aliphatic heterocycles. The Kier molecular flexibility index (Phi) is 42.1. The minimum Gasteiger partial charge on any atom is -0.254 e. The zero-order valence-corrected chi connectivity index (χ0v) is 78.6. The fraction of sp³-hybridized carbons (Fsp3) is 1.00. The van der Waals surface area contributed by atoms with Crippen molar-refractivity contribution in [2.24, 2.45) is 35.5 Å². The Morgan fingerprint density at radius 1 is 0.296 bits per heavy atom. The van der Waals surface area contributed by atoms with Crippen LogP contribution in [0.2, 0.25) is 0 Å². The molecular formula is C73H122F24O21S7. The van der Waals surface area contributed by atoms with Gasteiger partial charge in [-0.05, 0) is 247 Å². The molecule has 8 rings (SSSR count). The van der Waals surface area contributed by atoms with Crippen LogP contribution in [-0.4, -0.2) is 184 Å². The highest BCUT2D eigenvalue weighted by Crippen LogP contribution is 2.65. The van der Waals surface area contributed by atoms with Crippen LogP contribution in [0.4, 0.5) is 105 Å². The number of halogens is 24. The highest BCUT2D eigenvalue weighted by molar-refractivity contribution is 7.89. The van der Waals surface area contributed by atoms with E-state index in [1.165, 1.54) is 55.4 Å². The molecule has 0 aromatic heterocycles. The standard InChI is InChI=1S/C15H23F3O3S.C12H19F3O3S.C11H19F3O3S.C10H17F3O3S.C9H17F3O3S.C8H12F6O3S.C8H15F3O3S/c1-3-9(2)22(19,20)21-14(15(16,17)18)12-5-10-4-11(7-12)8-13(14)6-10;1-3-8(2)19(16,17)18-11(12(13,14)15)7-9-4-5-10(11)6-9;1-3-9(2)18(15,16)17-10(11(12,13)14)7-5-4-6-8-10;1-3-8(2)17(14,15)16-9(10(11,12)13)6-4-5-7-9;1-5-7(3)16(13,14)15-8(4,6-2)9(10,11)12;1-4-5(2)18(15,16)17-6(3,7(9,10)11)8(12,13)14;1-5-6(2)15(12,13)14-7(3,4)8(9,10)11/h9-13H,3-8H2,1-2H3;8-10H,3-7H2,1-2H3;9H,3-8H2,1-2H3;8H,3-7H2,1-2H3;7H,5-6H2,1-4H3;5H,4H2,1-3H3;6H,5H2,1-4H3. The molecule has 125 heavy (non-hydrogen) atoms. The third-order valence-electron chi connectivity index (χ3n) is 24.7. The van der Waals surface area contributed by atoms with E-state index in [9.17, 15) is 164 Å². The van der Waals surface area contributed by atoms with Gasteiger partial charge in [-0.3, -0.25) is 25.1 Å². The van der Waals surface area contributed by atoms with Gasteiger partial charge in [0.2, 0.25) is 0 Å². The molecule has 0 spiro atoms. The van der Waals surface area contributed by atoms with Crippen LogP contribution in [0.3, 0.4) is 0 Å². The van der Waals surface area contributed by atoms with Gasteiger partial charge in [0.1, 0.15) is 0 Å². The molecule has 8 aliphatic rings. The second-order valence-corrected chi connectivity index (χ2v) is 47.7. The smallest absolute Gasteiger partial charge is 0.254 e. The predicted molar refractivity (Wildman–Crippen MR) is 413 cm³/mol. The highest BCUT2D eigenvalue weighted by atomic mass is 32.2. The summed E-state index contributed by atoms with van der Waals surface area (Å²) in [6, 6.07) is 0. The van der Waals surface area contributed by atoms with Crippen molar-refractivity contribution in [3.05, 3.63) is 0 Å². The first-order valence-corrected chi connectivity index (χ1v) is 51.1. The fourth-order valence-corrected chi connectivity index (χ4v) is 23.4. The Labute approximate surface area is 720 Å². The summed E-state index contributed by atoms with van der Waals surface area (Å²) < 4.78 is 504. The average molecular weight is 2020 g/mol. The maximum Gasteiger partial charge on any atom is 0.427 e. The first-order chi connectivity index (χ1) is 55.6. The molecule has 8 fully saturated rings. The number of hydrogen-bond donors (Lipinski definition) is 0. The largest absolute Gasteiger partial charge is 0.427 e. The monoisotopic (exact) mass is 2010 g/mol. The van der Waals surface area contributed by atoms with Crippen LogP contribution >= 0.6 is 0 Å². The maximum atomic E-state index is 14.0. The van der Waals surface area contributed by atoms with Crippen LogP contribution in [0.5, 0.6) is 0 Å². The molecule has 750 valence electrons. The molecule has 0 saturated heterocycles. The molecular weight excluding hydrogens is 1890 g/mol. The maximum absolute atomic E-state index is 14.0. The van der Waals surface area contributed by atoms with Crippen LogP contribution < -0.4 is 0 Å². The third kappa shape index (κ3) is 29.8. The van der Waals surface area contributed by atoms with E-state index in [2.05, 4.69) is 20.9 Å². The molecule has 0 amide bonds. The minimum absolute atomic E-state index is 0.0567. The van der Waals surface area contributed by atoms with Crippen molar-refractivity contribution in [1.29, 1.82) is 0 Å². The molecule has 0 aromatic carbocycles. The van der Waals surface area contributed by atoms with Gasteiger partial charge >= 0.3 is 49.4 Å². The molecule has 8 aliphatic carbocycles. The second-order valence-electron chi connectivity index (χ2n) is 34.0. The third-order valence-corrected chi connectivity index (χ3v) is 37.9. The van der Waals surface area contributed by atoms with E-state index in [-0.39, 0.29) is 89.9 Å². The Balaban J connectivity index is 0.000000732. The van der Waals surface area contributed by atoms with E-state index in [0.29, 0.717) is 96.3 Å². The summed E-state index contributed by atoms with van der Waals surface area (Å²) in [6.45, 7) is 23.0. The average Bonchev–Trinajstić information content (AvgIpc) is 1.21. The lowest BCUT2D eigenvalue weighted by molar-refractivity contribution is -0.349. The lowest BCUT2D eigenvalue weighted by Crippen LogP contribution is -2.67. The number of rotatable bonds is 29. The molecule has 0 heterocycles. The van der Waals surface area contributed by atoms with Crippen molar-refractivity contribution in [1.82, 2.24) is 0 Å². The first-order valence-electron chi connectivity index (χ1n) is 40.8. The lowest BCUT2D eigenvalue weighted by Gasteiger charge is -2.60. The Morgan fingerprint density at radius 3 is 0.824 bits per heavy atom. The molecule has 8 saturated carbocycles. The van der Waals surface area contributed by atoms with Crippen LogP contribution in [-0.2, 0) is 100 Å². The summed E-state index contributed by atoms with van der Waals surface area (Å²) in [7, 11) is -30.0. The van der Waals surface area contributed by atoms with Crippen molar-refractivity contribution < 1.29 is 194 Å². The van der Waals surface area contributed by atoms with Gasteiger partial charge in [0.05, 0.1) is 36.7 Å². The SMILES string of the molecule is CCC(C)S(=O)(=O)OC(C)(C(F)(F)F)C(F)(F)F.CCC(C)S(=O)(=O)OC(C)(C)C(F)(F)F.CCC(C)S(=O)(=O)OC(C)(CC)C(F)(F)F.CCC(C)S(=O)(=O)OC1(C(F)(F)F)C2CC3CC(C2)CC1C3.CCC(C)S(=O)(=O)OC1(C(F)(F)F)CC2CCC1C2.CCC(C)S(=O)(=O)OC1(C(F)(F)F)CCCC1.CCC(C)S(=O)(=O)OC1(C(F)(F)F)CCCCC1. The molecule has 0 radical (unpaired) electrons. The molecule has 21 nitrogen and oxygen atoms in total. The van der Waals surface area contributed by atoms with E-state index in [1.54, 1.807) is 41.5 Å². The van der Waals surface area contributed by atoms with E-state index in [1.807, 2.05) is 0 Å². The van der Waals surface area contributed by atoms with Gasteiger partial charge in [0.15, 0.2) is 33.6 Å². The van der Waals surface area contributed by atoms with E-state index < -0.39 is 220 Å². The quantitative estimate of drug-likeness (QED) is 0.0496. The summed E-state index contributed by atoms with van der Waals surface area (Å²) >= 11 is 0. The molecule has 0 N–H and O–H groups in total. The van der Waals surface area contributed by atoms with E-state index >= 15 is 0 Å². The highest BCUT2D eigenvalue weighted by Gasteiger charge is 2.74. The van der Waals surface area contributed by atoms with Gasteiger partial charge in [-0.2, -0.15) is 164 Å². The van der Waals surface area contributed by atoms with E-state index in [4.69, 9.17) is 8.37 Å². The summed E-state index contributed by atoms with van der Waals surface area (Å²) in [5, 5.41) is -7.02. The topological polar surface area (TPSA) is 304 Å². The minimum atomic E-state index is -5.90. The van der Waals surface area contributed by atoms with Gasteiger partial charge in [-0.15, -0.1) is 0 Å². The zero-order valence-electron chi connectivity index (χ0n) is 72.9. The van der Waals surface area contributed by atoms with E-state index in [0.717, 1.165) is 26.7 Å². The van der Waals surface area contributed by atoms with Crippen molar-refractivity contribution >= 4 is 70.8 Å². The van der Waals surface area contributed by atoms with Crippen LogP contribution in [0.15, 0.2) is 0 Å². The van der Waals surface area contributed by atoms with Gasteiger partial charge in [0.25, 0.3) is 76.4 Å². The Hall–Kier alpha value is -2.31. The summed E-state index contributed by atoms with van der Waals surface area (Å²) in [6.07, 6.45) is -33.9. The van der Waals surface area contributed by atoms with Crippen molar-refractivity contribution in [2.75, 3.05) is 0 Å². The number of hydrogen-bond acceptors (Lipinski definition) is 21. The van der Waals surface area contributed by atoms with Gasteiger partial charge in [0, 0.05) is 0 Å². The zero-order chi connectivity index (χ0) is 98.8. The molecule has 6 bridgehead atoms. The lowest BCUT2D eigenvalue weighted by atomic mass is 9.49. The first kappa shape index (κ1) is 121. The number of fused-ring (bicyclic) bond motifs is 2. The van der Waals surface area contributed by atoms with Crippen molar-refractivity contribution in [3.8, 4) is 0 Å². The summed E-state index contributed by atoms with van der Waals surface area (Å²) in [5.74, 6) is -1.55.